The molecular formula is C19H27N3OS. The molecule has 2 rings (SSSR count). The molecule has 0 amide bonds. The second-order valence-electron chi connectivity index (χ2n) is 5.62. The maximum atomic E-state index is 5.69. The van der Waals surface area contributed by atoms with Gasteiger partial charge in [0.25, 0.3) is 0 Å². The molecule has 0 unspecified atom stereocenters. The summed E-state index contributed by atoms with van der Waals surface area (Å²) in [5, 5.41) is 8.83. The Morgan fingerprint density at radius 3 is 2.67 bits per heavy atom. The predicted molar refractivity (Wildman–Crippen MR) is 103 cm³/mol. The fraction of sp³-hybridized carbons (Fsp3) is 0.421. The van der Waals surface area contributed by atoms with E-state index in [0.29, 0.717) is 6.61 Å². The molecule has 130 valence electrons. The van der Waals surface area contributed by atoms with E-state index in [0.717, 1.165) is 38.5 Å². The highest BCUT2D eigenvalue weighted by atomic mass is 32.1. The molecule has 2 N–H and O–H groups in total. The van der Waals surface area contributed by atoms with Crippen LogP contribution in [0.3, 0.4) is 0 Å². The van der Waals surface area contributed by atoms with Gasteiger partial charge in [0.05, 0.1) is 13.2 Å². The van der Waals surface area contributed by atoms with Gasteiger partial charge < -0.3 is 15.4 Å². The quantitative estimate of drug-likeness (QED) is 0.414. The lowest BCUT2D eigenvalue weighted by molar-refractivity contribution is 0.117. The van der Waals surface area contributed by atoms with Crippen molar-refractivity contribution in [2.45, 2.75) is 32.9 Å². The SMILES string of the molecule is CN=C(NCCCCOCc1ccccc1)NCc1sccc1C. The van der Waals surface area contributed by atoms with Crippen LogP contribution in [0, 0.1) is 6.92 Å². The third-order valence-electron chi connectivity index (χ3n) is 3.73. The summed E-state index contributed by atoms with van der Waals surface area (Å²) in [5.41, 5.74) is 2.56. The van der Waals surface area contributed by atoms with E-state index in [1.807, 2.05) is 18.2 Å². The molecule has 0 aliphatic heterocycles. The van der Waals surface area contributed by atoms with Crippen molar-refractivity contribution in [3.8, 4) is 0 Å². The van der Waals surface area contributed by atoms with Gasteiger partial charge >= 0.3 is 0 Å². The molecule has 0 aliphatic rings. The van der Waals surface area contributed by atoms with Crippen molar-refractivity contribution >= 4 is 17.3 Å². The number of nitrogens with zero attached hydrogens (tertiary/aromatic N) is 1. The molecule has 0 saturated heterocycles. The van der Waals surface area contributed by atoms with E-state index in [4.69, 9.17) is 4.74 Å². The van der Waals surface area contributed by atoms with Gasteiger partial charge in [0.2, 0.25) is 0 Å². The molecule has 1 heterocycles. The smallest absolute Gasteiger partial charge is 0.191 e. The zero-order valence-corrected chi connectivity index (χ0v) is 15.4. The van der Waals surface area contributed by atoms with E-state index < -0.39 is 0 Å². The molecule has 2 aromatic rings. The van der Waals surface area contributed by atoms with Gasteiger partial charge in [0, 0.05) is 25.1 Å². The molecule has 5 heteroatoms. The van der Waals surface area contributed by atoms with Crippen molar-refractivity contribution < 1.29 is 4.74 Å². The number of hydrogen-bond donors (Lipinski definition) is 2. The van der Waals surface area contributed by atoms with Gasteiger partial charge in [-0.25, -0.2) is 0 Å². The van der Waals surface area contributed by atoms with Crippen LogP contribution < -0.4 is 10.6 Å². The highest BCUT2D eigenvalue weighted by Crippen LogP contribution is 2.14. The maximum absolute atomic E-state index is 5.69. The number of aliphatic imine (C=N–C) groups is 1. The molecule has 24 heavy (non-hydrogen) atoms. The average Bonchev–Trinajstić information content (AvgIpc) is 3.02. The third kappa shape index (κ3) is 6.72. The molecule has 0 aliphatic carbocycles. The van der Waals surface area contributed by atoms with Gasteiger partial charge in [-0.2, -0.15) is 0 Å². The minimum Gasteiger partial charge on any atom is -0.377 e. The highest BCUT2D eigenvalue weighted by molar-refractivity contribution is 7.10. The summed E-state index contributed by atoms with van der Waals surface area (Å²) >= 11 is 1.78. The number of unbranched alkanes of at least 4 members (excludes halogenated alkanes) is 1. The van der Waals surface area contributed by atoms with Crippen LogP contribution in [-0.4, -0.2) is 26.2 Å². The number of ether oxygens (including phenoxy) is 1. The molecule has 0 bridgehead atoms. The van der Waals surface area contributed by atoms with Crippen molar-refractivity contribution in [3.05, 3.63) is 57.8 Å². The van der Waals surface area contributed by atoms with Crippen molar-refractivity contribution in [2.24, 2.45) is 4.99 Å². The standard InChI is InChI=1S/C19H27N3OS/c1-16-10-13-24-18(16)14-22-19(20-2)21-11-6-7-12-23-15-17-8-4-3-5-9-17/h3-5,8-10,13H,6-7,11-12,14-15H2,1-2H3,(H2,20,21,22). The molecule has 1 aromatic heterocycles. The Morgan fingerprint density at radius 1 is 1.12 bits per heavy atom. The summed E-state index contributed by atoms with van der Waals surface area (Å²) < 4.78 is 5.69. The number of rotatable bonds is 9. The number of benzene rings is 1. The zero-order valence-electron chi connectivity index (χ0n) is 14.5. The van der Waals surface area contributed by atoms with Crippen LogP contribution in [0.2, 0.25) is 0 Å². The highest BCUT2D eigenvalue weighted by Gasteiger charge is 2.01. The van der Waals surface area contributed by atoms with Gasteiger partial charge in [0.15, 0.2) is 5.96 Å². The van der Waals surface area contributed by atoms with Crippen molar-refractivity contribution in [1.29, 1.82) is 0 Å². The monoisotopic (exact) mass is 345 g/mol. The summed E-state index contributed by atoms with van der Waals surface area (Å²) in [4.78, 5) is 5.61. The lowest BCUT2D eigenvalue weighted by atomic mass is 10.2. The fourth-order valence-electron chi connectivity index (χ4n) is 2.27. The molecule has 0 atom stereocenters. The largest absolute Gasteiger partial charge is 0.377 e. The Morgan fingerprint density at radius 2 is 1.96 bits per heavy atom. The summed E-state index contributed by atoms with van der Waals surface area (Å²) in [6, 6.07) is 12.4. The molecule has 0 saturated carbocycles. The molecule has 1 aromatic carbocycles. The summed E-state index contributed by atoms with van der Waals surface area (Å²) in [7, 11) is 1.81. The lowest BCUT2D eigenvalue weighted by Crippen LogP contribution is -2.37. The van der Waals surface area contributed by atoms with Crippen molar-refractivity contribution in [1.82, 2.24) is 10.6 Å². The first-order valence-electron chi connectivity index (χ1n) is 8.38. The van der Waals surface area contributed by atoms with Gasteiger partial charge in [-0.05, 0) is 42.3 Å². The Balaban J connectivity index is 1.52. The number of guanidine groups is 1. The second kappa shape index (κ2) is 10.8. The van der Waals surface area contributed by atoms with E-state index in [2.05, 4.69) is 46.1 Å². The van der Waals surface area contributed by atoms with Gasteiger partial charge in [-0.3, -0.25) is 4.99 Å². The van der Waals surface area contributed by atoms with E-state index in [1.165, 1.54) is 16.0 Å². The minimum atomic E-state index is 0.692. The summed E-state index contributed by atoms with van der Waals surface area (Å²) in [5.74, 6) is 0.855. The first-order chi connectivity index (χ1) is 11.8. The van der Waals surface area contributed by atoms with E-state index >= 15 is 0 Å². The molecular weight excluding hydrogens is 318 g/mol. The van der Waals surface area contributed by atoms with Crippen LogP contribution in [0.1, 0.15) is 28.8 Å². The number of aryl methyl sites for hydroxylation is 1. The Bertz CT molecular complexity index is 610. The topological polar surface area (TPSA) is 45.7 Å². The Hall–Kier alpha value is -1.85. The van der Waals surface area contributed by atoms with Crippen LogP contribution in [0.5, 0.6) is 0 Å². The fourth-order valence-corrected chi connectivity index (χ4v) is 3.12. The molecule has 4 nitrogen and oxygen atoms in total. The van der Waals surface area contributed by atoms with Crippen LogP contribution in [0.4, 0.5) is 0 Å². The molecule has 0 radical (unpaired) electrons. The number of thiophene rings is 1. The van der Waals surface area contributed by atoms with Gasteiger partial charge in [0.1, 0.15) is 0 Å². The first kappa shape index (κ1) is 18.5. The zero-order chi connectivity index (χ0) is 17.0. The Kier molecular flexibility index (Phi) is 8.35. The van der Waals surface area contributed by atoms with E-state index in [1.54, 1.807) is 18.4 Å². The lowest BCUT2D eigenvalue weighted by Gasteiger charge is -2.11. The van der Waals surface area contributed by atoms with E-state index in [-0.39, 0.29) is 0 Å². The number of nitrogens with one attached hydrogen (secondary N) is 2. The Labute approximate surface area is 149 Å². The van der Waals surface area contributed by atoms with Crippen molar-refractivity contribution in [3.63, 3.8) is 0 Å². The van der Waals surface area contributed by atoms with Crippen LogP contribution in [0.15, 0.2) is 46.8 Å². The van der Waals surface area contributed by atoms with Crippen LogP contribution in [0.25, 0.3) is 0 Å². The van der Waals surface area contributed by atoms with Gasteiger partial charge in [-0.1, -0.05) is 30.3 Å². The average molecular weight is 346 g/mol. The third-order valence-corrected chi connectivity index (χ3v) is 4.75. The summed E-state index contributed by atoms with van der Waals surface area (Å²) in [6.45, 7) is 5.34. The first-order valence-corrected chi connectivity index (χ1v) is 9.26. The maximum Gasteiger partial charge on any atom is 0.191 e. The summed E-state index contributed by atoms with van der Waals surface area (Å²) in [6.07, 6.45) is 2.11. The minimum absolute atomic E-state index is 0.692. The molecule has 0 spiro atoms. The van der Waals surface area contributed by atoms with Crippen LogP contribution in [-0.2, 0) is 17.9 Å². The van der Waals surface area contributed by atoms with Gasteiger partial charge in [-0.15, -0.1) is 11.3 Å². The van der Waals surface area contributed by atoms with Crippen LogP contribution >= 0.6 is 11.3 Å². The predicted octanol–water partition coefficient (Wildman–Crippen LogP) is 3.72. The second-order valence-corrected chi connectivity index (χ2v) is 6.63. The normalized spacial score (nSPS) is 11.5. The van der Waals surface area contributed by atoms with E-state index in [9.17, 15) is 0 Å². The number of hydrogen-bond acceptors (Lipinski definition) is 3. The molecule has 0 fully saturated rings. The van der Waals surface area contributed by atoms with Crippen molar-refractivity contribution in [2.75, 3.05) is 20.2 Å².